The summed E-state index contributed by atoms with van der Waals surface area (Å²) in [6, 6.07) is 1.97. The summed E-state index contributed by atoms with van der Waals surface area (Å²) < 4.78 is 27.1. The molecule has 6 heteroatoms. The Balaban J connectivity index is 1.75. The van der Waals surface area contributed by atoms with Crippen LogP contribution in [0.2, 0.25) is 0 Å². The van der Waals surface area contributed by atoms with Crippen molar-refractivity contribution in [3.8, 4) is 0 Å². The monoisotopic (exact) mass is 312 g/mol. The molecule has 1 aromatic carbocycles. The van der Waals surface area contributed by atoms with E-state index < -0.39 is 17.5 Å². The van der Waals surface area contributed by atoms with E-state index in [2.05, 4.69) is 10.2 Å². The van der Waals surface area contributed by atoms with Crippen LogP contribution in [0.5, 0.6) is 0 Å². The SMILES string of the molecule is Cc1cc(F)c(C(=O)NCCCN2CCC(O)CC2)cc1F. The van der Waals surface area contributed by atoms with Gasteiger partial charge in [0.25, 0.3) is 5.91 Å². The predicted octanol–water partition coefficient (Wildman–Crippen LogP) is 1.85. The van der Waals surface area contributed by atoms with Gasteiger partial charge in [-0.2, -0.15) is 0 Å². The second-order valence-corrected chi connectivity index (χ2v) is 5.76. The van der Waals surface area contributed by atoms with Crippen LogP contribution in [0.3, 0.4) is 0 Å². The first-order valence-electron chi connectivity index (χ1n) is 7.61. The van der Waals surface area contributed by atoms with Crippen LogP contribution >= 0.6 is 0 Å². The molecule has 122 valence electrons. The number of aliphatic hydroxyl groups excluding tert-OH is 1. The number of carbonyl (C=O) groups is 1. The number of rotatable bonds is 5. The highest BCUT2D eigenvalue weighted by Gasteiger charge is 2.17. The highest BCUT2D eigenvalue weighted by molar-refractivity contribution is 5.94. The van der Waals surface area contributed by atoms with Gasteiger partial charge in [0, 0.05) is 19.6 Å². The van der Waals surface area contributed by atoms with Crippen LogP contribution in [0.25, 0.3) is 0 Å². The molecule has 0 aromatic heterocycles. The van der Waals surface area contributed by atoms with Crippen molar-refractivity contribution < 1.29 is 18.7 Å². The van der Waals surface area contributed by atoms with Gasteiger partial charge < -0.3 is 15.3 Å². The van der Waals surface area contributed by atoms with Gasteiger partial charge in [0.05, 0.1) is 11.7 Å². The Morgan fingerprint density at radius 3 is 2.68 bits per heavy atom. The molecule has 0 saturated carbocycles. The molecule has 0 aliphatic carbocycles. The Bertz CT molecular complexity index is 529. The summed E-state index contributed by atoms with van der Waals surface area (Å²) in [5.41, 5.74) is -0.0782. The third kappa shape index (κ3) is 4.48. The first-order chi connectivity index (χ1) is 10.5. The van der Waals surface area contributed by atoms with E-state index in [1.54, 1.807) is 0 Å². The van der Waals surface area contributed by atoms with Gasteiger partial charge >= 0.3 is 0 Å². The van der Waals surface area contributed by atoms with Gasteiger partial charge in [0.2, 0.25) is 0 Å². The lowest BCUT2D eigenvalue weighted by molar-refractivity contribution is 0.0816. The number of aryl methyl sites for hydroxylation is 1. The second-order valence-electron chi connectivity index (χ2n) is 5.76. The molecule has 1 aliphatic heterocycles. The Morgan fingerprint density at radius 2 is 2.00 bits per heavy atom. The van der Waals surface area contributed by atoms with Gasteiger partial charge in [-0.15, -0.1) is 0 Å². The van der Waals surface area contributed by atoms with Crippen molar-refractivity contribution in [1.82, 2.24) is 10.2 Å². The normalized spacial score (nSPS) is 16.7. The van der Waals surface area contributed by atoms with E-state index in [1.165, 1.54) is 6.92 Å². The number of benzene rings is 1. The van der Waals surface area contributed by atoms with Gasteiger partial charge in [-0.1, -0.05) is 0 Å². The molecular formula is C16H22F2N2O2. The number of likely N-dealkylation sites (tertiary alicyclic amines) is 1. The average molecular weight is 312 g/mol. The predicted molar refractivity (Wildman–Crippen MR) is 79.7 cm³/mol. The number of amides is 1. The lowest BCUT2D eigenvalue weighted by Crippen LogP contribution is -2.37. The van der Waals surface area contributed by atoms with E-state index >= 15 is 0 Å². The van der Waals surface area contributed by atoms with Crippen molar-refractivity contribution in [2.24, 2.45) is 0 Å². The first kappa shape index (κ1) is 16.8. The molecule has 2 N–H and O–H groups in total. The van der Waals surface area contributed by atoms with Crippen molar-refractivity contribution >= 4 is 5.91 Å². The summed E-state index contributed by atoms with van der Waals surface area (Å²) in [5, 5.41) is 12.0. The summed E-state index contributed by atoms with van der Waals surface area (Å²) in [6.07, 6.45) is 2.09. The molecule has 2 rings (SSSR count). The maximum absolute atomic E-state index is 13.7. The van der Waals surface area contributed by atoms with E-state index in [9.17, 15) is 18.7 Å². The van der Waals surface area contributed by atoms with Crippen molar-refractivity contribution in [3.63, 3.8) is 0 Å². The molecule has 1 amide bonds. The maximum atomic E-state index is 13.7. The molecule has 1 aromatic rings. The molecule has 1 heterocycles. The Labute approximate surface area is 129 Å². The van der Waals surface area contributed by atoms with Crippen LogP contribution in [0, 0.1) is 18.6 Å². The molecule has 0 atom stereocenters. The zero-order valence-corrected chi connectivity index (χ0v) is 12.7. The lowest BCUT2D eigenvalue weighted by atomic mass is 10.1. The van der Waals surface area contributed by atoms with E-state index in [0.717, 1.165) is 51.0 Å². The van der Waals surface area contributed by atoms with Gasteiger partial charge in [0.15, 0.2) is 0 Å². The largest absolute Gasteiger partial charge is 0.393 e. The van der Waals surface area contributed by atoms with Crippen molar-refractivity contribution in [3.05, 3.63) is 34.9 Å². The van der Waals surface area contributed by atoms with Crippen LogP contribution in [0.1, 0.15) is 35.2 Å². The zero-order valence-electron chi connectivity index (χ0n) is 12.7. The molecule has 0 bridgehead atoms. The lowest BCUT2D eigenvalue weighted by Gasteiger charge is -2.29. The van der Waals surface area contributed by atoms with E-state index in [-0.39, 0.29) is 17.2 Å². The summed E-state index contributed by atoms with van der Waals surface area (Å²) >= 11 is 0. The minimum absolute atomic E-state index is 0.182. The maximum Gasteiger partial charge on any atom is 0.254 e. The van der Waals surface area contributed by atoms with Crippen LogP contribution in [0.15, 0.2) is 12.1 Å². The Kier molecular flexibility index (Phi) is 5.85. The molecule has 0 radical (unpaired) electrons. The van der Waals surface area contributed by atoms with Crippen LogP contribution in [0.4, 0.5) is 8.78 Å². The van der Waals surface area contributed by atoms with Gasteiger partial charge in [0.1, 0.15) is 11.6 Å². The second kappa shape index (κ2) is 7.65. The molecule has 0 spiro atoms. The van der Waals surface area contributed by atoms with E-state index in [1.807, 2.05) is 0 Å². The highest BCUT2D eigenvalue weighted by Crippen LogP contribution is 2.14. The van der Waals surface area contributed by atoms with Crippen LogP contribution in [-0.2, 0) is 0 Å². The number of aliphatic hydroxyl groups is 1. The number of halogens is 2. The van der Waals surface area contributed by atoms with Crippen molar-refractivity contribution in [2.75, 3.05) is 26.2 Å². The third-order valence-electron chi connectivity index (χ3n) is 3.99. The molecule has 0 unspecified atom stereocenters. The average Bonchev–Trinajstić information content (AvgIpc) is 2.49. The minimum Gasteiger partial charge on any atom is -0.393 e. The van der Waals surface area contributed by atoms with Crippen LogP contribution < -0.4 is 5.32 Å². The van der Waals surface area contributed by atoms with Crippen molar-refractivity contribution in [2.45, 2.75) is 32.3 Å². The standard InChI is InChI=1S/C16H22F2N2O2/c1-11-9-15(18)13(10-14(11)17)16(22)19-5-2-6-20-7-3-12(21)4-8-20/h9-10,12,21H,2-8H2,1H3,(H,19,22). The third-order valence-corrected chi connectivity index (χ3v) is 3.99. The Morgan fingerprint density at radius 1 is 1.32 bits per heavy atom. The highest BCUT2D eigenvalue weighted by atomic mass is 19.1. The van der Waals surface area contributed by atoms with Crippen LogP contribution in [-0.4, -0.2) is 48.2 Å². The molecule has 1 fully saturated rings. The zero-order chi connectivity index (χ0) is 16.1. The number of piperidine rings is 1. The molecule has 4 nitrogen and oxygen atoms in total. The minimum atomic E-state index is -0.707. The summed E-state index contributed by atoms with van der Waals surface area (Å²) in [4.78, 5) is 14.1. The smallest absolute Gasteiger partial charge is 0.254 e. The van der Waals surface area contributed by atoms with Gasteiger partial charge in [-0.25, -0.2) is 8.78 Å². The van der Waals surface area contributed by atoms with E-state index in [0.29, 0.717) is 6.54 Å². The number of carbonyl (C=O) groups excluding carboxylic acids is 1. The number of nitrogens with zero attached hydrogens (tertiary/aromatic N) is 1. The summed E-state index contributed by atoms with van der Waals surface area (Å²) in [5.74, 6) is -1.88. The molecule has 1 saturated heterocycles. The van der Waals surface area contributed by atoms with Crippen molar-refractivity contribution in [1.29, 1.82) is 0 Å². The molecular weight excluding hydrogens is 290 g/mol. The number of hydrogen-bond acceptors (Lipinski definition) is 3. The summed E-state index contributed by atoms with van der Waals surface area (Å²) in [6.45, 7) is 4.39. The number of nitrogens with one attached hydrogen (secondary N) is 1. The topological polar surface area (TPSA) is 52.6 Å². The Hall–Kier alpha value is -1.53. The first-order valence-corrected chi connectivity index (χ1v) is 7.61. The fourth-order valence-electron chi connectivity index (χ4n) is 2.56. The fourth-order valence-corrected chi connectivity index (χ4v) is 2.56. The summed E-state index contributed by atoms with van der Waals surface area (Å²) in [7, 11) is 0. The number of hydrogen-bond donors (Lipinski definition) is 2. The fraction of sp³-hybridized carbons (Fsp3) is 0.562. The van der Waals surface area contributed by atoms with Gasteiger partial charge in [-0.05, 0) is 50.4 Å². The molecule has 22 heavy (non-hydrogen) atoms. The molecule has 1 aliphatic rings. The van der Waals surface area contributed by atoms with Gasteiger partial charge in [-0.3, -0.25) is 4.79 Å². The van der Waals surface area contributed by atoms with E-state index in [4.69, 9.17) is 0 Å². The quantitative estimate of drug-likeness (QED) is 0.816.